The van der Waals surface area contributed by atoms with E-state index in [1.165, 1.54) is 0 Å². The Hall–Kier alpha value is -1.85. The second kappa shape index (κ2) is 5.87. The van der Waals surface area contributed by atoms with E-state index in [2.05, 4.69) is 22.4 Å². The Morgan fingerprint density at radius 3 is 3.05 bits per heavy atom. The van der Waals surface area contributed by atoms with Crippen LogP contribution in [0, 0.1) is 0 Å². The number of nitrogens with zero attached hydrogens (tertiary/aromatic N) is 2. The van der Waals surface area contributed by atoms with E-state index in [9.17, 15) is 9.59 Å². The van der Waals surface area contributed by atoms with Crippen molar-refractivity contribution in [3.8, 4) is 0 Å². The lowest BCUT2D eigenvalue weighted by Crippen LogP contribution is -2.62. The smallest absolute Gasteiger partial charge is 0.275 e. The van der Waals surface area contributed by atoms with Crippen molar-refractivity contribution in [2.45, 2.75) is 57.5 Å². The summed E-state index contributed by atoms with van der Waals surface area (Å²) >= 11 is 0. The fourth-order valence-electron chi connectivity index (χ4n) is 3.42. The van der Waals surface area contributed by atoms with Crippen LogP contribution in [0.5, 0.6) is 0 Å². The summed E-state index contributed by atoms with van der Waals surface area (Å²) in [4.78, 5) is 26.2. The SMILES string of the molecule is CCCc1cc(C(=O)N2CC(=O)NC3CCCCC32)n[nH]1. The standard InChI is InChI=1S/C15H22N4O2/c1-2-5-10-8-12(18-17-10)15(21)19-9-14(20)16-11-6-3-4-7-13(11)19/h8,11,13H,2-7,9H2,1H3,(H,16,20)(H,17,18). The van der Waals surface area contributed by atoms with Gasteiger partial charge in [0.2, 0.25) is 5.91 Å². The first-order valence-electron chi connectivity index (χ1n) is 7.83. The number of fused-ring (bicyclic) bond motifs is 1. The molecule has 3 rings (SSSR count). The first kappa shape index (κ1) is 14.1. The van der Waals surface area contributed by atoms with Gasteiger partial charge in [0.15, 0.2) is 0 Å². The summed E-state index contributed by atoms with van der Waals surface area (Å²) in [5, 5.41) is 10.1. The number of rotatable bonds is 3. The Bertz CT molecular complexity index is 540. The van der Waals surface area contributed by atoms with Gasteiger partial charge in [-0.15, -0.1) is 0 Å². The average molecular weight is 290 g/mol. The predicted molar refractivity (Wildman–Crippen MR) is 77.8 cm³/mol. The van der Waals surface area contributed by atoms with E-state index in [-0.39, 0.29) is 30.4 Å². The van der Waals surface area contributed by atoms with Crippen LogP contribution in [0.3, 0.4) is 0 Å². The molecule has 6 heteroatoms. The van der Waals surface area contributed by atoms with Crippen molar-refractivity contribution < 1.29 is 9.59 Å². The number of piperazine rings is 1. The normalized spacial score (nSPS) is 25.4. The number of carbonyl (C=O) groups excluding carboxylic acids is 2. The molecule has 21 heavy (non-hydrogen) atoms. The van der Waals surface area contributed by atoms with E-state index in [1.54, 1.807) is 4.90 Å². The zero-order valence-corrected chi connectivity index (χ0v) is 12.4. The molecule has 2 unspecified atom stereocenters. The molecule has 6 nitrogen and oxygen atoms in total. The van der Waals surface area contributed by atoms with Crippen molar-refractivity contribution in [1.29, 1.82) is 0 Å². The van der Waals surface area contributed by atoms with Gasteiger partial charge in [0.25, 0.3) is 5.91 Å². The first-order valence-corrected chi connectivity index (χ1v) is 7.83. The highest BCUT2D eigenvalue weighted by molar-refractivity contribution is 5.96. The molecular weight excluding hydrogens is 268 g/mol. The Morgan fingerprint density at radius 2 is 2.24 bits per heavy atom. The van der Waals surface area contributed by atoms with Gasteiger partial charge in [0, 0.05) is 11.7 Å². The Balaban J connectivity index is 1.79. The number of H-pyrrole nitrogens is 1. The molecule has 0 aromatic carbocycles. The lowest BCUT2D eigenvalue weighted by molar-refractivity contribution is -0.127. The molecule has 2 amide bonds. The van der Waals surface area contributed by atoms with E-state index in [1.807, 2.05) is 6.07 Å². The van der Waals surface area contributed by atoms with Gasteiger partial charge >= 0.3 is 0 Å². The van der Waals surface area contributed by atoms with Gasteiger partial charge in [-0.3, -0.25) is 14.7 Å². The molecule has 0 radical (unpaired) electrons. The molecule has 1 saturated carbocycles. The molecule has 2 heterocycles. The molecule has 0 bridgehead atoms. The topological polar surface area (TPSA) is 78.1 Å². The first-order chi connectivity index (χ1) is 10.2. The highest BCUT2D eigenvalue weighted by Crippen LogP contribution is 2.26. The van der Waals surface area contributed by atoms with E-state index < -0.39 is 0 Å². The Labute approximate surface area is 124 Å². The van der Waals surface area contributed by atoms with Crippen LogP contribution in [0.1, 0.15) is 55.2 Å². The number of carbonyl (C=O) groups is 2. The zero-order valence-electron chi connectivity index (χ0n) is 12.4. The van der Waals surface area contributed by atoms with Crippen molar-refractivity contribution in [3.05, 3.63) is 17.5 Å². The molecule has 1 aromatic heterocycles. The van der Waals surface area contributed by atoms with Gasteiger partial charge in [0.1, 0.15) is 12.2 Å². The molecule has 2 N–H and O–H groups in total. The second-order valence-corrected chi connectivity index (χ2v) is 5.99. The van der Waals surface area contributed by atoms with Crippen LogP contribution in [0.4, 0.5) is 0 Å². The van der Waals surface area contributed by atoms with E-state index in [0.717, 1.165) is 44.2 Å². The van der Waals surface area contributed by atoms with Crippen LogP contribution in [-0.4, -0.2) is 45.5 Å². The zero-order chi connectivity index (χ0) is 14.8. The molecule has 2 fully saturated rings. The Kier molecular flexibility index (Phi) is 3.94. The molecular formula is C15H22N4O2. The van der Waals surface area contributed by atoms with Crippen molar-refractivity contribution in [3.63, 3.8) is 0 Å². The summed E-state index contributed by atoms with van der Waals surface area (Å²) < 4.78 is 0. The van der Waals surface area contributed by atoms with Gasteiger partial charge in [-0.2, -0.15) is 5.10 Å². The van der Waals surface area contributed by atoms with Crippen molar-refractivity contribution >= 4 is 11.8 Å². The fourth-order valence-corrected chi connectivity index (χ4v) is 3.42. The summed E-state index contributed by atoms with van der Waals surface area (Å²) in [6.07, 6.45) is 6.04. The number of amides is 2. The highest BCUT2D eigenvalue weighted by Gasteiger charge is 2.39. The van der Waals surface area contributed by atoms with Crippen LogP contribution in [0.2, 0.25) is 0 Å². The van der Waals surface area contributed by atoms with Crippen molar-refractivity contribution in [2.75, 3.05) is 6.54 Å². The number of aromatic amines is 1. The molecule has 1 aliphatic heterocycles. The third kappa shape index (κ3) is 2.80. The minimum Gasteiger partial charge on any atom is -0.350 e. The van der Waals surface area contributed by atoms with E-state index in [4.69, 9.17) is 0 Å². The molecule has 2 aliphatic rings. The maximum absolute atomic E-state index is 12.7. The molecule has 114 valence electrons. The second-order valence-electron chi connectivity index (χ2n) is 5.99. The number of aryl methyl sites for hydroxylation is 1. The summed E-state index contributed by atoms with van der Waals surface area (Å²) in [5.74, 6) is -0.184. The largest absolute Gasteiger partial charge is 0.350 e. The number of nitrogens with one attached hydrogen (secondary N) is 2. The summed E-state index contributed by atoms with van der Waals surface area (Å²) in [6, 6.07) is 2.05. The summed E-state index contributed by atoms with van der Waals surface area (Å²) in [6.45, 7) is 2.24. The van der Waals surface area contributed by atoms with Gasteiger partial charge in [0.05, 0.1) is 6.04 Å². The third-order valence-electron chi connectivity index (χ3n) is 4.42. The maximum atomic E-state index is 12.7. The third-order valence-corrected chi connectivity index (χ3v) is 4.42. The predicted octanol–water partition coefficient (Wildman–Crippen LogP) is 1.25. The molecule has 1 saturated heterocycles. The summed E-state index contributed by atoms with van der Waals surface area (Å²) in [7, 11) is 0. The van der Waals surface area contributed by atoms with Gasteiger partial charge < -0.3 is 10.2 Å². The number of hydrogen-bond acceptors (Lipinski definition) is 3. The lowest BCUT2D eigenvalue weighted by atomic mass is 9.87. The molecule has 2 atom stereocenters. The summed E-state index contributed by atoms with van der Waals surface area (Å²) in [5.41, 5.74) is 1.40. The number of hydrogen-bond donors (Lipinski definition) is 2. The van der Waals surface area contributed by atoms with Crippen LogP contribution in [-0.2, 0) is 11.2 Å². The molecule has 1 aliphatic carbocycles. The monoisotopic (exact) mass is 290 g/mol. The quantitative estimate of drug-likeness (QED) is 0.879. The average Bonchev–Trinajstić information content (AvgIpc) is 2.94. The number of aromatic nitrogens is 2. The van der Waals surface area contributed by atoms with Crippen LogP contribution in [0.15, 0.2) is 6.07 Å². The van der Waals surface area contributed by atoms with E-state index >= 15 is 0 Å². The van der Waals surface area contributed by atoms with E-state index in [0.29, 0.717) is 5.69 Å². The minimum atomic E-state index is -0.125. The van der Waals surface area contributed by atoms with Crippen LogP contribution < -0.4 is 5.32 Å². The van der Waals surface area contributed by atoms with Crippen LogP contribution >= 0.6 is 0 Å². The molecule has 1 aromatic rings. The Morgan fingerprint density at radius 1 is 1.43 bits per heavy atom. The fraction of sp³-hybridized carbons (Fsp3) is 0.667. The van der Waals surface area contributed by atoms with Crippen LogP contribution in [0.25, 0.3) is 0 Å². The van der Waals surface area contributed by atoms with Crippen molar-refractivity contribution in [1.82, 2.24) is 20.4 Å². The van der Waals surface area contributed by atoms with Gasteiger partial charge in [-0.25, -0.2) is 0 Å². The maximum Gasteiger partial charge on any atom is 0.275 e. The van der Waals surface area contributed by atoms with Gasteiger partial charge in [-0.1, -0.05) is 26.2 Å². The highest BCUT2D eigenvalue weighted by atomic mass is 16.2. The molecule has 0 spiro atoms. The van der Waals surface area contributed by atoms with Crippen molar-refractivity contribution in [2.24, 2.45) is 0 Å². The lowest BCUT2D eigenvalue weighted by Gasteiger charge is -2.43. The minimum absolute atomic E-state index is 0.0594. The van der Waals surface area contributed by atoms with Gasteiger partial charge in [-0.05, 0) is 25.3 Å².